The predicted molar refractivity (Wildman–Crippen MR) is 78.6 cm³/mol. The molecule has 20 heavy (non-hydrogen) atoms. The Morgan fingerprint density at radius 2 is 2.15 bits per heavy atom. The average molecular weight is 269 g/mol. The molecule has 2 fully saturated rings. The Balaban J connectivity index is 1.64. The van der Waals surface area contributed by atoms with Crippen molar-refractivity contribution in [3.05, 3.63) is 36.0 Å². The van der Waals surface area contributed by atoms with E-state index in [2.05, 4.69) is 17.2 Å². The van der Waals surface area contributed by atoms with Crippen molar-refractivity contribution in [2.75, 3.05) is 19.6 Å². The Labute approximate surface area is 118 Å². The number of benzene rings is 1. The Bertz CT molecular complexity index is 630. The van der Waals surface area contributed by atoms with E-state index in [4.69, 9.17) is 0 Å². The summed E-state index contributed by atoms with van der Waals surface area (Å²) >= 11 is 0. The molecule has 1 aromatic carbocycles. The number of hydrogen-bond donors (Lipinski definition) is 2. The van der Waals surface area contributed by atoms with Crippen molar-refractivity contribution < 1.29 is 4.79 Å². The molecule has 2 saturated heterocycles. The molecule has 104 valence electrons. The zero-order chi connectivity index (χ0) is 13.7. The summed E-state index contributed by atoms with van der Waals surface area (Å²) in [5.41, 5.74) is 1.75. The van der Waals surface area contributed by atoms with Gasteiger partial charge in [0.25, 0.3) is 5.91 Å². The monoisotopic (exact) mass is 269 g/mol. The van der Waals surface area contributed by atoms with Gasteiger partial charge in [0.05, 0.1) is 0 Å². The third kappa shape index (κ3) is 1.68. The Hall–Kier alpha value is -1.81. The fraction of sp³-hybridized carbons (Fsp3) is 0.438. The minimum atomic E-state index is 0.142. The fourth-order valence-electron chi connectivity index (χ4n) is 3.78. The van der Waals surface area contributed by atoms with Gasteiger partial charge in [0.2, 0.25) is 0 Å². The quantitative estimate of drug-likeness (QED) is 0.830. The van der Waals surface area contributed by atoms with Crippen molar-refractivity contribution >= 4 is 16.8 Å². The van der Waals surface area contributed by atoms with Crippen LogP contribution < -0.4 is 5.32 Å². The number of para-hydroxylation sites is 1. The largest absolute Gasteiger partial charge is 0.351 e. The zero-order valence-electron chi connectivity index (χ0n) is 11.6. The maximum atomic E-state index is 12.7. The molecule has 0 radical (unpaired) electrons. The maximum absolute atomic E-state index is 12.7. The summed E-state index contributed by atoms with van der Waals surface area (Å²) in [4.78, 5) is 18.0. The second-order valence-corrected chi connectivity index (χ2v) is 6.05. The number of nitrogens with zero attached hydrogens (tertiary/aromatic N) is 1. The van der Waals surface area contributed by atoms with Crippen molar-refractivity contribution in [3.63, 3.8) is 0 Å². The highest BCUT2D eigenvalue weighted by Gasteiger charge is 2.44. The Morgan fingerprint density at radius 3 is 2.95 bits per heavy atom. The topological polar surface area (TPSA) is 48.1 Å². The molecule has 4 rings (SSSR count). The minimum absolute atomic E-state index is 0.142. The standard InChI is InChI=1S/C16H19N3O/c1-10-13-8-17-7-12(13)9-19(10)16(20)15-6-11-4-2-3-5-14(11)18-15/h2-6,10,12-13,17-18H,7-9H2,1H3. The van der Waals surface area contributed by atoms with E-state index in [0.717, 1.165) is 30.5 Å². The van der Waals surface area contributed by atoms with Crippen LogP contribution in [0.1, 0.15) is 17.4 Å². The third-order valence-corrected chi connectivity index (χ3v) is 4.96. The molecule has 3 unspecified atom stereocenters. The summed E-state index contributed by atoms with van der Waals surface area (Å²) in [5.74, 6) is 1.38. The Morgan fingerprint density at radius 1 is 1.30 bits per heavy atom. The summed E-state index contributed by atoms with van der Waals surface area (Å²) in [6.45, 7) is 5.15. The molecule has 2 N–H and O–H groups in total. The highest BCUT2D eigenvalue weighted by molar-refractivity contribution is 5.98. The van der Waals surface area contributed by atoms with E-state index in [-0.39, 0.29) is 5.91 Å². The first kappa shape index (κ1) is 12.0. The van der Waals surface area contributed by atoms with Crippen molar-refractivity contribution in [1.29, 1.82) is 0 Å². The van der Waals surface area contributed by atoms with Gasteiger partial charge in [0.15, 0.2) is 0 Å². The summed E-state index contributed by atoms with van der Waals surface area (Å²) in [5, 5.41) is 4.53. The maximum Gasteiger partial charge on any atom is 0.270 e. The van der Waals surface area contributed by atoms with Crippen LogP contribution in [-0.4, -0.2) is 41.5 Å². The molecule has 3 heterocycles. The van der Waals surface area contributed by atoms with Gasteiger partial charge < -0.3 is 15.2 Å². The first-order valence-corrected chi connectivity index (χ1v) is 7.33. The van der Waals surface area contributed by atoms with E-state index >= 15 is 0 Å². The van der Waals surface area contributed by atoms with E-state index in [0.29, 0.717) is 23.6 Å². The van der Waals surface area contributed by atoms with Gasteiger partial charge in [-0.05, 0) is 30.9 Å². The fourth-order valence-corrected chi connectivity index (χ4v) is 3.78. The van der Waals surface area contributed by atoms with Gasteiger partial charge in [-0.25, -0.2) is 0 Å². The van der Waals surface area contributed by atoms with Crippen molar-refractivity contribution in [2.45, 2.75) is 13.0 Å². The number of amides is 1. The summed E-state index contributed by atoms with van der Waals surface area (Å²) in [7, 11) is 0. The molecule has 0 saturated carbocycles. The Kier molecular flexibility index (Phi) is 2.60. The third-order valence-electron chi connectivity index (χ3n) is 4.96. The van der Waals surface area contributed by atoms with Crippen LogP contribution in [0.2, 0.25) is 0 Å². The van der Waals surface area contributed by atoms with E-state index in [1.807, 2.05) is 35.2 Å². The minimum Gasteiger partial charge on any atom is -0.351 e. The van der Waals surface area contributed by atoms with Crippen molar-refractivity contribution in [3.8, 4) is 0 Å². The average Bonchev–Trinajstić information content (AvgIpc) is 3.13. The van der Waals surface area contributed by atoms with Crippen LogP contribution in [0.4, 0.5) is 0 Å². The number of carbonyl (C=O) groups is 1. The molecule has 0 spiro atoms. The van der Waals surface area contributed by atoms with Gasteiger partial charge in [0, 0.05) is 36.6 Å². The van der Waals surface area contributed by atoms with Crippen LogP contribution in [0.5, 0.6) is 0 Å². The summed E-state index contributed by atoms with van der Waals surface area (Å²) in [6.07, 6.45) is 0. The van der Waals surface area contributed by atoms with Crippen LogP contribution in [-0.2, 0) is 0 Å². The number of H-pyrrole nitrogens is 1. The zero-order valence-corrected chi connectivity index (χ0v) is 11.6. The molecule has 4 heteroatoms. The predicted octanol–water partition coefficient (Wildman–Crippen LogP) is 1.85. The van der Waals surface area contributed by atoms with Crippen molar-refractivity contribution in [1.82, 2.24) is 15.2 Å². The SMILES string of the molecule is CC1C2CNCC2CN1C(=O)c1cc2ccccc2[nH]1. The van der Waals surface area contributed by atoms with Crippen LogP contribution in [0.25, 0.3) is 10.9 Å². The highest BCUT2D eigenvalue weighted by Crippen LogP contribution is 2.33. The summed E-state index contributed by atoms with van der Waals surface area (Å²) < 4.78 is 0. The lowest BCUT2D eigenvalue weighted by molar-refractivity contribution is 0.0723. The molecule has 1 amide bonds. The first-order valence-electron chi connectivity index (χ1n) is 7.33. The highest BCUT2D eigenvalue weighted by atomic mass is 16.2. The molecular weight excluding hydrogens is 250 g/mol. The normalized spacial score (nSPS) is 29.1. The molecule has 1 aromatic heterocycles. The van der Waals surface area contributed by atoms with Crippen LogP contribution >= 0.6 is 0 Å². The van der Waals surface area contributed by atoms with Crippen molar-refractivity contribution in [2.24, 2.45) is 11.8 Å². The van der Waals surface area contributed by atoms with Gasteiger partial charge in [-0.1, -0.05) is 18.2 Å². The van der Waals surface area contributed by atoms with Crippen LogP contribution in [0, 0.1) is 11.8 Å². The molecular formula is C16H19N3O. The van der Waals surface area contributed by atoms with Gasteiger partial charge in [-0.3, -0.25) is 4.79 Å². The number of hydrogen-bond acceptors (Lipinski definition) is 2. The second kappa shape index (κ2) is 4.35. The van der Waals surface area contributed by atoms with E-state index in [1.165, 1.54) is 0 Å². The number of likely N-dealkylation sites (tertiary alicyclic amines) is 1. The number of carbonyl (C=O) groups excluding carboxylic acids is 1. The molecule has 4 nitrogen and oxygen atoms in total. The van der Waals surface area contributed by atoms with E-state index < -0.39 is 0 Å². The van der Waals surface area contributed by atoms with Gasteiger partial charge in [-0.15, -0.1) is 0 Å². The van der Waals surface area contributed by atoms with Gasteiger partial charge in [0.1, 0.15) is 5.69 Å². The smallest absolute Gasteiger partial charge is 0.270 e. The first-order chi connectivity index (χ1) is 9.74. The lowest BCUT2D eigenvalue weighted by Gasteiger charge is -2.23. The van der Waals surface area contributed by atoms with Crippen LogP contribution in [0.3, 0.4) is 0 Å². The molecule has 2 aliphatic rings. The number of rotatable bonds is 1. The number of fused-ring (bicyclic) bond motifs is 2. The number of nitrogens with one attached hydrogen (secondary N) is 2. The molecule has 0 aliphatic carbocycles. The molecule has 3 atom stereocenters. The molecule has 2 aromatic rings. The lowest BCUT2D eigenvalue weighted by Crippen LogP contribution is -2.38. The number of aromatic amines is 1. The molecule has 2 aliphatic heterocycles. The van der Waals surface area contributed by atoms with Crippen LogP contribution in [0.15, 0.2) is 30.3 Å². The lowest BCUT2D eigenvalue weighted by atomic mass is 9.95. The molecule has 0 bridgehead atoms. The number of aromatic nitrogens is 1. The second-order valence-electron chi connectivity index (χ2n) is 6.05. The van der Waals surface area contributed by atoms with E-state index in [9.17, 15) is 4.79 Å². The van der Waals surface area contributed by atoms with Gasteiger partial charge >= 0.3 is 0 Å². The van der Waals surface area contributed by atoms with E-state index in [1.54, 1.807) is 0 Å². The summed E-state index contributed by atoms with van der Waals surface area (Å²) in [6, 6.07) is 10.3. The van der Waals surface area contributed by atoms with Gasteiger partial charge in [-0.2, -0.15) is 0 Å².